The van der Waals surface area contributed by atoms with Crippen LogP contribution in [0, 0.1) is 5.92 Å². The van der Waals surface area contributed by atoms with Crippen LogP contribution in [0.15, 0.2) is 30.3 Å². The van der Waals surface area contributed by atoms with Crippen molar-refractivity contribution in [2.24, 2.45) is 5.92 Å². The fourth-order valence-electron chi connectivity index (χ4n) is 4.90. The molecule has 3 aromatic rings. The molecule has 0 spiro atoms. The molecular weight excluding hydrogens is 416 g/mol. The van der Waals surface area contributed by atoms with Crippen LogP contribution < -0.4 is 4.90 Å². The second-order valence-corrected chi connectivity index (χ2v) is 10.1. The van der Waals surface area contributed by atoms with Gasteiger partial charge in [0, 0.05) is 38.0 Å². The zero-order valence-corrected chi connectivity index (χ0v) is 19.7. The Morgan fingerprint density at radius 1 is 1.06 bits per heavy atom. The van der Waals surface area contributed by atoms with Gasteiger partial charge in [0.05, 0.1) is 5.39 Å². The molecule has 1 aliphatic carbocycles. The van der Waals surface area contributed by atoms with Gasteiger partial charge in [-0.2, -0.15) is 0 Å². The highest BCUT2D eigenvalue weighted by Crippen LogP contribution is 2.40. The lowest BCUT2D eigenvalue weighted by Gasteiger charge is -2.33. The van der Waals surface area contributed by atoms with E-state index < -0.39 is 0 Å². The van der Waals surface area contributed by atoms with Gasteiger partial charge in [0.25, 0.3) is 0 Å². The molecule has 0 unspecified atom stereocenters. The van der Waals surface area contributed by atoms with E-state index in [-0.39, 0.29) is 11.8 Å². The summed E-state index contributed by atoms with van der Waals surface area (Å²) >= 11 is 1.85. The minimum atomic E-state index is 0.118. The van der Waals surface area contributed by atoms with Crippen LogP contribution in [0.2, 0.25) is 0 Å². The first kappa shape index (κ1) is 21.1. The molecule has 166 valence electrons. The van der Waals surface area contributed by atoms with E-state index in [4.69, 9.17) is 9.97 Å². The summed E-state index contributed by atoms with van der Waals surface area (Å²) in [7, 11) is 3.71. The predicted octanol–water partition coefficient (Wildman–Crippen LogP) is 5.05. The molecule has 5 nitrogen and oxygen atoms in total. The van der Waals surface area contributed by atoms with Crippen molar-refractivity contribution in [3.63, 3.8) is 0 Å². The molecule has 0 saturated carbocycles. The van der Waals surface area contributed by atoms with Gasteiger partial charge in [-0.25, -0.2) is 9.97 Å². The molecule has 1 amide bonds. The lowest BCUT2D eigenvalue weighted by Crippen LogP contribution is -2.40. The average Bonchev–Trinajstić information content (AvgIpc) is 3.21. The van der Waals surface area contributed by atoms with Crippen molar-refractivity contribution in [3.8, 4) is 0 Å². The summed E-state index contributed by atoms with van der Waals surface area (Å²) in [5, 5.41) is 1.26. The molecule has 32 heavy (non-hydrogen) atoms. The standard InChI is InChI=1S/C26H30N4OS/c1-29(2)26(31)19-14-16-30(17-15-19)24-23-20-10-6-7-11-21(20)32-25(23)28-22(27-24)13-12-18-8-4-3-5-9-18/h3-5,8-9,12-13,19H,6-7,10-11,14-17H2,1-2H3. The fraction of sp³-hybridized carbons (Fsp3) is 0.423. The number of hydrogen-bond acceptors (Lipinski definition) is 5. The number of benzene rings is 1. The van der Waals surface area contributed by atoms with Crippen LogP contribution in [0.25, 0.3) is 22.4 Å². The van der Waals surface area contributed by atoms with Crippen molar-refractivity contribution in [1.29, 1.82) is 0 Å². The Balaban J connectivity index is 1.50. The number of carbonyl (C=O) groups is 1. The van der Waals surface area contributed by atoms with Crippen LogP contribution in [0.1, 0.15) is 47.5 Å². The number of aryl methyl sites for hydroxylation is 2. The second-order valence-electron chi connectivity index (χ2n) is 9.03. The largest absolute Gasteiger partial charge is 0.356 e. The first-order valence-corrected chi connectivity index (χ1v) is 12.4. The predicted molar refractivity (Wildman–Crippen MR) is 133 cm³/mol. The first-order chi connectivity index (χ1) is 15.6. The summed E-state index contributed by atoms with van der Waals surface area (Å²) in [5.41, 5.74) is 2.61. The Bertz CT molecular complexity index is 1140. The number of amides is 1. The normalized spacial score (nSPS) is 17.1. The number of anilines is 1. The van der Waals surface area contributed by atoms with Crippen LogP contribution >= 0.6 is 11.3 Å². The van der Waals surface area contributed by atoms with Crippen LogP contribution in [-0.4, -0.2) is 48.0 Å². The van der Waals surface area contributed by atoms with Crippen molar-refractivity contribution in [2.45, 2.75) is 38.5 Å². The van der Waals surface area contributed by atoms with Crippen molar-refractivity contribution in [1.82, 2.24) is 14.9 Å². The number of rotatable bonds is 4. The Morgan fingerprint density at radius 2 is 1.81 bits per heavy atom. The van der Waals surface area contributed by atoms with Crippen LogP contribution in [0.5, 0.6) is 0 Å². The zero-order valence-electron chi connectivity index (χ0n) is 18.9. The lowest BCUT2D eigenvalue weighted by atomic mass is 9.94. The lowest BCUT2D eigenvalue weighted by molar-refractivity contribution is -0.133. The van der Waals surface area contributed by atoms with Gasteiger partial charge >= 0.3 is 0 Å². The molecule has 5 rings (SSSR count). The molecule has 6 heteroatoms. The summed E-state index contributed by atoms with van der Waals surface area (Å²) in [6, 6.07) is 10.3. The summed E-state index contributed by atoms with van der Waals surface area (Å²) < 4.78 is 0. The highest BCUT2D eigenvalue weighted by Gasteiger charge is 2.29. The van der Waals surface area contributed by atoms with Gasteiger partial charge in [-0.1, -0.05) is 36.4 Å². The number of aromatic nitrogens is 2. The monoisotopic (exact) mass is 446 g/mol. The molecule has 1 saturated heterocycles. The maximum atomic E-state index is 12.5. The van der Waals surface area contributed by atoms with Gasteiger partial charge in [-0.15, -0.1) is 11.3 Å². The molecular formula is C26H30N4OS. The van der Waals surface area contributed by atoms with Gasteiger partial charge in [-0.3, -0.25) is 4.79 Å². The van der Waals surface area contributed by atoms with Crippen molar-refractivity contribution in [2.75, 3.05) is 32.1 Å². The van der Waals surface area contributed by atoms with Crippen molar-refractivity contribution < 1.29 is 4.79 Å². The number of nitrogens with zero attached hydrogens (tertiary/aromatic N) is 4. The van der Waals surface area contributed by atoms with E-state index in [1.807, 2.05) is 49.7 Å². The summed E-state index contributed by atoms with van der Waals surface area (Å²) in [6.07, 6.45) is 10.7. The topological polar surface area (TPSA) is 49.3 Å². The van der Waals surface area contributed by atoms with Gasteiger partial charge < -0.3 is 9.80 Å². The Hall–Kier alpha value is -2.73. The highest BCUT2D eigenvalue weighted by molar-refractivity contribution is 7.19. The van der Waals surface area contributed by atoms with Crippen LogP contribution in [0.3, 0.4) is 0 Å². The van der Waals surface area contributed by atoms with Gasteiger partial charge in [0.15, 0.2) is 5.82 Å². The second kappa shape index (κ2) is 9.02. The molecule has 1 aromatic carbocycles. The maximum absolute atomic E-state index is 12.5. The Kier molecular flexibility index (Phi) is 5.96. The molecule has 2 aromatic heterocycles. The van der Waals surface area contributed by atoms with E-state index in [1.54, 1.807) is 4.90 Å². The number of hydrogen-bond donors (Lipinski definition) is 0. The molecule has 1 aliphatic heterocycles. The summed E-state index contributed by atoms with van der Waals surface area (Å²) in [4.78, 5) is 29.2. The van der Waals surface area contributed by atoms with Gasteiger partial charge in [0.2, 0.25) is 5.91 Å². The van der Waals surface area contributed by atoms with E-state index in [1.165, 1.54) is 28.7 Å². The third-order valence-electron chi connectivity index (χ3n) is 6.62. The minimum absolute atomic E-state index is 0.118. The minimum Gasteiger partial charge on any atom is -0.356 e. The molecule has 0 radical (unpaired) electrons. The molecule has 3 heterocycles. The number of fused-ring (bicyclic) bond motifs is 3. The molecule has 0 bridgehead atoms. The quantitative estimate of drug-likeness (QED) is 0.563. The molecule has 1 fully saturated rings. The maximum Gasteiger partial charge on any atom is 0.225 e. The summed E-state index contributed by atoms with van der Waals surface area (Å²) in [6.45, 7) is 1.73. The number of piperidine rings is 1. The van der Waals surface area contributed by atoms with Crippen molar-refractivity contribution >= 4 is 45.4 Å². The fourth-order valence-corrected chi connectivity index (χ4v) is 6.16. The Morgan fingerprint density at radius 3 is 2.56 bits per heavy atom. The highest BCUT2D eigenvalue weighted by atomic mass is 32.1. The molecule has 0 N–H and O–H groups in total. The van der Waals surface area contributed by atoms with Crippen molar-refractivity contribution in [3.05, 3.63) is 52.2 Å². The van der Waals surface area contributed by atoms with E-state index in [9.17, 15) is 4.79 Å². The average molecular weight is 447 g/mol. The van der Waals surface area contributed by atoms with E-state index in [2.05, 4.69) is 23.1 Å². The first-order valence-electron chi connectivity index (χ1n) is 11.6. The zero-order chi connectivity index (χ0) is 22.1. The van der Waals surface area contributed by atoms with Crippen LogP contribution in [0.4, 0.5) is 5.82 Å². The number of thiophene rings is 1. The van der Waals surface area contributed by atoms with Crippen LogP contribution in [-0.2, 0) is 17.6 Å². The molecule has 0 atom stereocenters. The van der Waals surface area contributed by atoms with Gasteiger partial charge in [-0.05, 0) is 55.7 Å². The third kappa shape index (κ3) is 4.16. The molecule has 2 aliphatic rings. The van der Waals surface area contributed by atoms with Gasteiger partial charge in [0.1, 0.15) is 10.6 Å². The van der Waals surface area contributed by atoms with E-state index in [0.29, 0.717) is 0 Å². The third-order valence-corrected chi connectivity index (χ3v) is 7.81. The Labute approximate surface area is 193 Å². The van der Waals surface area contributed by atoms with E-state index in [0.717, 1.165) is 60.8 Å². The SMILES string of the molecule is CN(C)C(=O)C1CCN(c2nc(C=Cc3ccccc3)nc3sc4c(c23)CCCC4)CC1. The summed E-state index contributed by atoms with van der Waals surface area (Å²) in [5.74, 6) is 2.20. The van der Waals surface area contributed by atoms with E-state index >= 15 is 0 Å². The number of carbonyl (C=O) groups excluding carboxylic acids is 1. The smallest absolute Gasteiger partial charge is 0.225 e.